The fourth-order valence-corrected chi connectivity index (χ4v) is 2.79. The Morgan fingerprint density at radius 3 is 2.71 bits per heavy atom. The highest BCUT2D eigenvalue weighted by molar-refractivity contribution is 4.79. The van der Waals surface area contributed by atoms with Crippen LogP contribution in [0, 0.1) is 5.92 Å². The molecule has 3 heteroatoms. The Bertz CT molecular complexity index is 187. The molecule has 0 amide bonds. The molecule has 1 aliphatic rings. The number of ether oxygens (including phenoxy) is 1. The van der Waals surface area contributed by atoms with Crippen LogP contribution in [0.25, 0.3) is 0 Å². The second-order valence-electron chi connectivity index (χ2n) is 5.26. The zero-order chi connectivity index (χ0) is 12.5. The van der Waals surface area contributed by atoms with Crippen molar-refractivity contribution in [2.24, 2.45) is 5.92 Å². The molecule has 0 aromatic heterocycles. The average Bonchev–Trinajstić information content (AvgIpc) is 2.34. The first-order valence-electron chi connectivity index (χ1n) is 7.24. The molecule has 3 nitrogen and oxygen atoms in total. The summed E-state index contributed by atoms with van der Waals surface area (Å²) in [5, 5.41) is 3.44. The van der Waals surface area contributed by atoms with Gasteiger partial charge < -0.3 is 15.0 Å². The Labute approximate surface area is 107 Å². The van der Waals surface area contributed by atoms with Crippen LogP contribution >= 0.6 is 0 Å². The minimum absolute atomic E-state index is 0.803. The van der Waals surface area contributed by atoms with Crippen molar-refractivity contribution in [2.45, 2.75) is 45.6 Å². The van der Waals surface area contributed by atoms with Gasteiger partial charge in [-0.15, -0.1) is 0 Å². The summed E-state index contributed by atoms with van der Waals surface area (Å²) in [6.45, 7) is 9.30. The molecule has 1 fully saturated rings. The van der Waals surface area contributed by atoms with Crippen molar-refractivity contribution in [2.75, 3.05) is 39.9 Å². The molecule has 1 aliphatic carbocycles. The molecule has 0 saturated heterocycles. The molecule has 1 saturated carbocycles. The second-order valence-corrected chi connectivity index (χ2v) is 5.26. The average molecular weight is 242 g/mol. The van der Waals surface area contributed by atoms with Gasteiger partial charge in [-0.25, -0.2) is 0 Å². The maximum Gasteiger partial charge on any atom is 0.0590 e. The monoisotopic (exact) mass is 242 g/mol. The SMILES string of the molecule is CCOCCNCCN(C)C1CCCCC1C. The van der Waals surface area contributed by atoms with E-state index >= 15 is 0 Å². The molecule has 0 aromatic carbocycles. The van der Waals surface area contributed by atoms with Crippen LogP contribution in [0.1, 0.15) is 39.5 Å². The number of likely N-dealkylation sites (N-methyl/N-ethyl adjacent to an activating group) is 1. The molecule has 0 bridgehead atoms. The summed E-state index contributed by atoms with van der Waals surface area (Å²) in [6, 6.07) is 0.803. The maximum absolute atomic E-state index is 5.30. The Balaban J connectivity index is 2.05. The molecule has 17 heavy (non-hydrogen) atoms. The summed E-state index contributed by atoms with van der Waals surface area (Å²) in [7, 11) is 2.27. The highest BCUT2D eigenvalue weighted by Gasteiger charge is 2.24. The molecular formula is C14H30N2O. The summed E-state index contributed by atoms with van der Waals surface area (Å²) in [5.74, 6) is 0.872. The first-order valence-corrected chi connectivity index (χ1v) is 7.24. The number of hydrogen-bond acceptors (Lipinski definition) is 3. The third-order valence-electron chi connectivity index (χ3n) is 3.90. The molecule has 102 valence electrons. The molecule has 2 unspecified atom stereocenters. The van der Waals surface area contributed by atoms with Crippen molar-refractivity contribution < 1.29 is 4.74 Å². The molecule has 1 N–H and O–H groups in total. The van der Waals surface area contributed by atoms with E-state index in [1.54, 1.807) is 0 Å². The highest BCUT2D eigenvalue weighted by Crippen LogP contribution is 2.26. The largest absolute Gasteiger partial charge is 0.380 e. The molecule has 2 atom stereocenters. The van der Waals surface area contributed by atoms with Gasteiger partial charge in [0.1, 0.15) is 0 Å². The van der Waals surface area contributed by atoms with Crippen LogP contribution in [-0.2, 0) is 4.74 Å². The second kappa shape index (κ2) is 8.90. The number of rotatable bonds is 8. The van der Waals surface area contributed by atoms with Crippen molar-refractivity contribution in [1.29, 1.82) is 0 Å². The van der Waals surface area contributed by atoms with Gasteiger partial charge in [-0.3, -0.25) is 0 Å². The molecule has 0 radical (unpaired) electrons. The minimum atomic E-state index is 0.803. The topological polar surface area (TPSA) is 24.5 Å². The quantitative estimate of drug-likeness (QED) is 0.660. The Morgan fingerprint density at radius 1 is 1.24 bits per heavy atom. The van der Waals surface area contributed by atoms with E-state index in [2.05, 4.69) is 24.2 Å². The molecule has 0 spiro atoms. The van der Waals surface area contributed by atoms with Gasteiger partial charge in [0.15, 0.2) is 0 Å². The van der Waals surface area contributed by atoms with E-state index in [1.807, 2.05) is 6.92 Å². The summed E-state index contributed by atoms with van der Waals surface area (Å²) >= 11 is 0. The van der Waals surface area contributed by atoms with E-state index < -0.39 is 0 Å². The Morgan fingerprint density at radius 2 is 2.00 bits per heavy atom. The lowest BCUT2D eigenvalue weighted by molar-refractivity contribution is 0.133. The van der Waals surface area contributed by atoms with Crippen LogP contribution in [0.5, 0.6) is 0 Å². The molecule has 1 rings (SSSR count). The van der Waals surface area contributed by atoms with Crippen LogP contribution in [-0.4, -0.2) is 50.8 Å². The van der Waals surface area contributed by atoms with Crippen LogP contribution in [0.15, 0.2) is 0 Å². The van der Waals surface area contributed by atoms with Gasteiger partial charge in [-0.05, 0) is 32.7 Å². The number of nitrogens with one attached hydrogen (secondary N) is 1. The van der Waals surface area contributed by atoms with Crippen molar-refractivity contribution in [3.8, 4) is 0 Å². The van der Waals surface area contributed by atoms with Crippen molar-refractivity contribution >= 4 is 0 Å². The zero-order valence-electron chi connectivity index (χ0n) is 11.9. The lowest BCUT2D eigenvalue weighted by Gasteiger charge is -2.36. The first-order chi connectivity index (χ1) is 8.25. The van der Waals surface area contributed by atoms with E-state index in [9.17, 15) is 0 Å². The smallest absolute Gasteiger partial charge is 0.0590 e. The van der Waals surface area contributed by atoms with E-state index in [4.69, 9.17) is 4.74 Å². The number of nitrogens with zero attached hydrogens (tertiary/aromatic N) is 1. The van der Waals surface area contributed by atoms with E-state index in [-0.39, 0.29) is 0 Å². The maximum atomic E-state index is 5.30. The molecular weight excluding hydrogens is 212 g/mol. The van der Waals surface area contributed by atoms with Gasteiger partial charge in [-0.2, -0.15) is 0 Å². The fraction of sp³-hybridized carbons (Fsp3) is 1.00. The molecule has 0 heterocycles. The van der Waals surface area contributed by atoms with Crippen molar-refractivity contribution in [1.82, 2.24) is 10.2 Å². The standard InChI is InChI=1S/C14H30N2O/c1-4-17-12-10-15-9-11-16(3)14-8-6-5-7-13(14)2/h13-15H,4-12H2,1-3H3. The van der Waals surface area contributed by atoms with Gasteiger partial charge >= 0.3 is 0 Å². The van der Waals surface area contributed by atoms with E-state index in [0.717, 1.165) is 44.8 Å². The number of hydrogen-bond donors (Lipinski definition) is 1. The highest BCUT2D eigenvalue weighted by atomic mass is 16.5. The van der Waals surface area contributed by atoms with Gasteiger partial charge in [-0.1, -0.05) is 19.8 Å². The van der Waals surface area contributed by atoms with Gasteiger partial charge in [0.05, 0.1) is 6.61 Å². The minimum Gasteiger partial charge on any atom is -0.380 e. The Hall–Kier alpha value is -0.120. The third-order valence-corrected chi connectivity index (χ3v) is 3.90. The predicted molar refractivity (Wildman–Crippen MR) is 73.4 cm³/mol. The van der Waals surface area contributed by atoms with Gasteiger partial charge in [0, 0.05) is 32.3 Å². The molecule has 0 aromatic rings. The summed E-state index contributed by atoms with van der Waals surface area (Å²) in [5.41, 5.74) is 0. The lowest BCUT2D eigenvalue weighted by Crippen LogP contribution is -2.42. The summed E-state index contributed by atoms with van der Waals surface area (Å²) in [4.78, 5) is 2.54. The van der Waals surface area contributed by atoms with Crippen LogP contribution in [0.2, 0.25) is 0 Å². The van der Waals surface area contributed by atoms with Gasteiger partial charge in [0.2, 0.25) is 0 Å². The van der Waals surface area contributed by atoms with Crippen molar-refractivity contribution in [3.05, 3.63) is 0 Å². The van der Waals surface area contributed by atoms with E-state index in [0.29, 0.717) is 0 Å². The summed E-state index contributed by atoms with van der Waals surface area (Å²) in [6.07, 6.45) is 5.64. The third kappa shape index (κ3) is 5.84. The Kier molecular flexibility index (Phi) is 7.82. The zero-order valence-corrected chi connectivity index (χ0v) is 11.9. The predicted octanol–water partition coefficient (Wildman–Crippen LogP) is 2.12. The van der Waals surface area contributed by atoms with Crippen LogP contribution < -0.4 is 5.32 Å². The fourth-order valence-electron chi connectivity index (χ4n) is 2.79. The normalized spacial score (nSPS) is 25.4. The summed E-state index contributed by atoms with van der Waals surface area (Å²) < 4.78 is 5.30. The first kappa shape index (κ1) is 14.9. The van der Waals surface area contributed by atoms with E-state index in [1.165, 1.54) is 25.7 Å². The molecule has 0 aliphatic heterocycles. The van der Waals surface area contributed by atoms with Crippen molar-refractivity contribution in [3.63, 3.8) is 0 Å². The van der Waals surface area contributed by atoms with Crippen LogP contribution in [0.3, 0.4) is 0 Å². The van der Waals surface area contributed by atoms with Gasteiger partial charge in [0.25, 0.3) is 0 Å². The lowest BCUT2D eigenvalue weighted by atomic mass is 9.85. The van der Waals surface area contributed by atoms with Crippen LogP contribution in [0.4, 0.5) is 0 Å².